The van der Waals surface area contributed by atoms with E-state index in [1.165, 1.54) is 17.9 Å². The Labute approximate surface area is 227 Å². The molecule has 0 spiro atoms. The molecular weight excluding hydrogens is 541 g/mol. The number of fused-ring (bicyclic) bond motifs is 1. The molecular formula is C25H31Cl2N3O6S. The number of nitrogens with zero attached hydrogens (tertiary/aromatic N) is 2. The van der Waals surface area contributed by atoms with Crippen LogP contribution in [0.2, 0.25) is 10.0 Å². The summed E-state index contributed by atoms with van der Waals surface area (Å²) in [4.78, 5) is 28.3. The van der Waals surface area contributed by atoms with Gasteiger partial charge in [-0.25, -0.2) is 8.42 Å². The Kier molecular flexibility index (Phi) is 9.55. The fraction of sp³-hybridized carbons (Fsp3) is 0.440. The van der Waals surface area contributed by atoms with Gasteiger partial charge in [0.25, 0.3) is 0 Å². The third-order valence-corrected chi connectivity index (χ3v) is 8.28. The van der Waals surface area contributed by atoms with Crippen molar-refractivity contribution < 1.29 is 27.5 Å². The van der Waals surface area contributed by atoms with Crippen molar-refractivity contribution in [3.63, 3.8) is 0 Å². The van der Waals surface area contributed by atoms with Crippen LogP contribution in [0.15, 0.2) is 36.4 Å². The molecule has 9 nitrogen and oxygen atoms in total. The summed E-state index contributed by atoms with van der Waals surface area (Å²) in [7, 11) is -3.88. The second-order valence-corrected chi connectivity index (χ2v) is 11.8. The maximum atomic E-state index is 13.8. The van der Waals surface area contributed by atoms with Crippen molar-refractivity contribution in [2.24, 2.45) is 0 Å². The molecule has 202 valence electrons. The highest BCUT2D eigenvalue weighted by Crippen LogP contribution is 2.36. The average Bonchev–Trinajstić information content (AvgIpc) is 3.31. The molecule has 0 saturated carbocycles. The van der Waals surface area contributed by atoms with Crippen LogP contribution in [0.25, 0.3) is 0 Å². The van der Waals surface area contributed by atoms with Crippen LogP contribution in [-0.4, -0.2) is 56.3 Å². The van der Waals surface area contributed by atoms with Crippen LogP contribution in [-0.2, 0) is 26.2 Å². The highest BCUT2D eigenvalue weighted by Gasteiger charge is 2.33. The van der Waals surface area contributed by atoms with Gasteiger partial charge >= 0.3 is 0 Å². The van der Waals surface area contributed by atoms with Crippen molar-refractivity contribution in [1.29, 1.82) is 0 Å². The summed E-state index contributed by atoms with van der Waals surface area (Å²) >= 11 is 12.8. The third kappa shape index (κ3) is 6.80. The summed E-state index contributed by atoms with van der Waals surface area (Å²) in [5.74, 6) is -0.326. The minimum atomic E-state index is -3.88. The van der Waals surface area contributed by atoms with E-state index in [1.54, 1.807) is 37.3 Å². The van der Waals surface area contributed by atoms with E-state index in [0.29, 0.717) is 27.1 Å². The molecule has 0 unspecified atom stereocenters. The molecule has 0 radical (unpaired) electrons. The van der Waals surface area contributed by atoms with Gasteiger partial charge in [0.15, 0.2) is 11.5 Å². The molecule has 1 atom stereocenters. The van der Waals surface area contributed by atoms with E-state index in [0.717, 1.165) is 4.31 Å². The number of hydrogen-bond acceptors (Lipinski definition) is 6. The van der Waals surface area contributed by atoms with Crippen molar-refractivity contribution in [3.8, 4) is 11.5 Å². The third-order valence-electron chi connectivity index (χ3n) is 5.83. The second-order valence-electron chi connectivity index (χ2n) is 8.75. The lowest BCUT2D eigenvalue weighted by atomic mass is 10.1. The number of anilines is 1. The Morgan fingerprint density at radius 1 is 1.05 bits per heavy atom. The van der Waals surface area contributed by atoms with Gasteiger partial charge in [-0.2, -0.15) is 0 Å². The molecule has 3 rings (SSSR count). The molecule has 1 aliphatic rings. The lowest BCUT2D eigenvalue weighted by Gasteiger charge is -2.33. The van der Waals surface area contributed by atoms with Crippen molar-refractivity contribution in [1.82, 2.24) is 10.2 Å². The molecule has 12 heteroatoms. The number of carbonyl (C=O) groups excluding carboxylic acids is 2. The van der Waals surface area contributed by atoms with Crippen molar-refractivity contribution >= 4 is 50.7 Å². The maximum absolute atomic E-state index is 13.8. The van der Waals surface area contributed by atoms with Gasteiger partial charge in [-0.3, -0.25) is 13.9 Å². The average molecular weight is 573 g/mol. The van der Waals surface area contributed by atoms with Crippen LogP contribution >= 0.6 is 23.2 Å². The number of nitrogens with one attached hydrogen (secondary N) is 1. The van der Waals surface area contributed by atoms with Crippen LogP contribution in [0.5, 0.6) is 11.5 Å². The van der Waals surface area contributed by atoms with Crippen molar-refractivity contribution in [2.45, 2.75) is 52.7 Å². The van der Waals surface area contributed by atoms with E-state index in [-0.39, 0.29) is 43.1 Å². The zero-order chi connectivity index (χ0) is 27.3. The van der Waals surface area contributed by atoms with E-state index in [2.05, 4.69) is 5.32 Å². The maximum Gasteiger partial charge on any atom is 0.244 e. The molecule has 0 fully saturated rings. The number of benzene rings is 2. The van der Waals surface area contributed by atoms with Crippen LogP contribution in [0.1, 0.15) is 39.7 Å². The molecule has 0 aromatic heterocycles. The predicted molar refractivity (Wildman–Crippen MR) is 144 cm³/mol. The molecule has 0 aliphatic carbocycles. The van der Waals surface area contributed by atoms with E-state index in [4.69, 9.17) is 32.7 Å². The minimum absolute atomic E-state index is 0.0216. The van der Waals surface area contributed by atoms with Gasteiger partial charge in [-0.15, -0.1) is 0 Å². The Morgan fingerprint density at radius 3 is 2.30 bits per heavy atom. The number of rotatable bonds is 11. The van der Waals surface area contributed by atoms with E-state index >= 15 is 0 Å². The summed E-state index contributed by atoms with van der Waals surface area (Å²) in [5, 5.41) is 3.50. The van der Waals surface area contributed by atoms with Gasteiger partial charge in [-0.05, 0) is 51.5 Å². The smallest absolute Gasteiger partial charge is 0.244 e. The van der Waals surface area contributed by atoms with E-state index in [9.17, 15) is 18.0 Å². The lowest BCUT2D eigenvalue weighted by Crippen LogP contribution is -2.53. The molecule has 2 amide bonds. The Morgan fingerprint density at radius 2 is 1.70 bits per heavy atom. The fourth-order valence-electron chi connectivity index (χ4n) is 3.91. The van der Waals surface area contributed by atoms with Gasteiger partial charge in [0.1, 0.15) is 12.6 Å². The van der Waals surface area contributed by atoms with Crippen LogP contribution in [0.3, 0.4) is 0 Å². The van der Waals surface area contributed by atoms with Gasteiger partial charge in [0.2, 0.25) is 28.6 Å². The zero-order valence-electron chi connectivity index (χ0n) is 21.2. The first-order chi connectivity index (χ1) is 17.5. The molecule has 2 aromatic carbocycles. The summed E-state index contributed by atoms with van der Waals surface area (Å²) in [6.07, 6.45) is 0.289. The summed E-state index contributed by atoms with van der Waals surface area (Å²) < 4.78 is 37.9. The largest absolute Gasteiger partial charge is 0.454 e. The lowest BCUT2D eigenvalue weighted by molar-refractivity contribution is -0.140. The molecule has 2 aromatic rings. The van der Waals surface area contributed by atoms with E-state index < -0.39 is 28.5 Å². The van der Waals surface area contributed by atoms with Gasteiger partial charge in [-0.1, -0.05) is 36.2 Å². The predicted octanol–water partition coefficient (Wildman–Crippen LogP) is 4.21. The number of hydrogen-bond donors (Lipinski definition) is 1. The Hall–Kier alpha value is -2.69. The Balaban J connectivity index is 2.02. The first kappa shape index (κ1) is 28.9. The SMILES string of the molecule is CC[C@@H](C(=O)NC(C)C)N(Cc1c(Cl)cccc1Cl)C(=O)CN(c1ccc2c(c1)OCO2)S(=O)(=O)CC. The minimum Gasteiger partial charge on any atom is -0.454 e. The van der Waals surface area contributed by atoms with Gasteiger partial charge in [0.05, 0.1) is 11.4 Å². The first-order valence-corrected chi connectivity index (χ1v) is 14.3. The number of sulfonamides is 1. The van der Waals surface area contributed by atoms with Crippen LogP contribution in [0, 0.1) is 0 Å². The number of ether oxygens (including phenoxy) is 2. The summed E-state index contributed by atoms with van der Waals surface area (Å²) in [6, 6.07) is 8.57. The van der Waals surface area contributed by atoms with Crippen molar-refractivity contribution in [2.75, 3.05) is 23.4 Å². The fourth-order valence-corrected chi connectivity index (χ4v) is 5.48. The molecule has 0 saturated heterocycles. The van der Waals surface area contributed by atoms with Crippen LogP contribution < -0.4 is 19.1 Å². The molecule has 0 bridgehead atoms. The number of carbonyl (C=O) groups is 2. The Bertz CT molecular complexity index is 1230. The highest BCUT2D eigenvalue weighted by atomic mass is 35.5. The first-order valence-electron chi connectivity index (χ1n) is 11.9. The number of halogens is 2. The summed E-state index contributed by atoms with van der Waals surface area (Å²) in [5.41, 5.74) is 0.706. The van der Waals surface area contributed by atoms with E-state index in [1.807, 2.05) is 13.8 Å². The zero-order valence-corrected chi connectivity index (χ0v) is 23.5. The van der Waals surface area contributed by atoms with Gasteiger partial charge in [0, 0.05) is 34.3 Å². The molecule has 1 N–H and O–H groups in total. The standard InChI is InChI=1S/C25H31Cl2N3O6S/c1-5-21(25(32)28-16(3)4)29(13-18-19(26)8-7-9-20(18)27)24(31)14-30(37(33,34)6-2)17-10-11-22-23(12-17)36-15-35-22/h7-12,16,21H,5-6,13-15H2,1-4H3,(H,28,32)/t21-/m0/s1. The quantitative estimate of drug-likeness (QED) is 0.433. The highest BCUT2D eigenvalue weighted by molar-refractivity contribution is 7.92. The monoisotopic (exact) mass is 571 g/mol. The van der Waals surface area contributed by atoms with Crippen molar-refractivity contribution in [3.05, 3.63) is 52.0 Å². The molecule has 1 aliphatic heterocycles. The number of amides is 2. The molecule has 1 heterocycles. The molecule has 37 heavy (non-hydrogen) atoms. The topological polar surface area (TPSA) is 105 Å². The second kappa shape index (κ2) is 12.2. The van der Waals surface area contributed by atoms with Crippen LogP contribution in [0.4, 0.5) is 5.69 Å². The summed E-state index contributed by atoms with van der Waals surface area (Å²) in [6.45, 7) is 6.30. The normalized spacial score (nSPS) is 13.4. The van der Waals surface area contributed by atoms with Gasteiger partial charge < -0.3 is 19.7 Å².